The van der Waals surface area contributed by atoms with Gasteiger partial charge in [-0.15, -0.1) is 0 Å². The minimum atomic E-state index is -0.325. The lowest BCUT2D eigenvalue weighted by molar-refractivity contribution is -0.129. The van der Waals surface area contributed by atoms with Crippen molar-refractivity contribution in [3.63, 3.8) is 0 Å². The zero-order valence-corrected chi connectivity index (χ0v) is 16.2. The molecule has 0 aromatic carbocycles. The first-order chi connectivity index (χ1) is 12.6. The molecule has 3 rings (SSSR count). The maximum atomic E-state index is 12.4. The number of aliphatic imine (C=N–C) groups is 1. The summed E-state index contributed by atoms with van der Waals surface area (Å²) >= 11 is 2.70. The molecule has 0 aliphatic carbocycles. The van der Waals surface area contributed by atoms with E-state index in [1.165, 1.54) is 23.5 Å². The summed E-state index contributed by atoms with van der Waals surface area (Å²) in [7, 11) is 0. The van der Waals surface area contributed by atoms with Gasteiger partial charge >= 0.3 is 6.09 Å². The van der Waals surface area contributed by atoms with Gasteiger partial charge in [-0.05, 0) is 25.1 Å². The molecular formula is C15H21N5O4S2. The van der Waals surface area contributed by atoms with Crippen LogP contribution in [0.1, 0.15) is 19.8 Å². The molecule has 0 spiro atoms. The third-order valence-corrected chi connectivity index (χ3v) is 6.12. The standard InChI is InChI=1S/C15H21N5O4S2/c1-2-24-15(23)19-8-6-18(7-9-19)12(22)10-25-14-17-20-5-3-4-11(21)16-13(20)26-14/h2-10H2,1H3. The second-order valence-electron chi connectivity index (χ2n) is 5.84. The summed E-state index contributed by atoms with van der Waals surface area (Å²) in [6, 6.07) is 0. The third-order valence-electron chi connectivity index (χ3n) is 4.06. The van der Waals surface area contributed by atoms with Crippen molar-refractivity contribution < 1.29 is 19.1 Å². The highest BCUT2D eigenvalue weighted by Crippen LogP contribution is 2.29. The van der Waals surface area contributed by atoms with E-state index in [1.54, 1.807) is 21.7 Å². The lowest BCUT2D eigenvalue weighted by atomic mass is 10.3. The summed E-state index contributed by atoms with van der Waals surface area (Å²) in [4.78, 5) is 43.0. The van der Waals surface area contributed by atoms with Crippen LogP contribution in [0.2, 0.25) is 0 Å². The van der Waals surface area contributed by atoms with E-state index >= 15 is 0 Å². The highest BCUT2D eigenvalue weighted by atomic mass is 32.2. The number of thioether (sulfide) groups is 2. The molecule has 0 saturated carbocycles. The molecule has 0 unspecified atom stereocenters. The molecule has 0 aromatic rings. The molecule has 1 saturated heterocycles. The number of nitrogens with zero attached hydrogens (tertiary/aromatic N) is 5. The summed E-state index contributed by atoms with van der Waals surface area (Å²) in [5.41, 5.74) is 0. The van der Waals surface area contributed by atoms with Gasteiger partial charge in [-0.2, -0.15) is 10.1 Å². The highest BCUT2D eigenvalue weighted by Gasteiger charge is 2.29. The lowest BCUT2D eigenvalue weighted by Gasteiger charge is -2.34. The van der Waals surface area contributed by atoms with Crippen LogP contribution in [0, 0.1) is 0 Å². The Balaban J connectivity index is 1.44. The number of ether oxygens (including phenoxy) is 1. The zero-order valence-electron chi connectivity index (χ0n) is 14.5. The van der Waals surface area contributed by atoms with E-state index in [0.717, 1.165) is 10.8 Å². The monoisotopic (exact) mass is 399 g/mol. The van der Waals surface area contributed by atoms with E-state index < -0.39 is 0 Å². The summed E-state index contributed by atoms with van der Waals surface area (Å²) in [6.45, 7) is 4.77. The Hall–Kier alpha value is -1.75. The average molecular weight is 399 g/mol. The van der Waals surface area contributed by atoms with Crippen LogP contribution in [0.15, 0.2) is 10.1 Å². The van der Waals surface area contributed by atoms with Crippen LogP contribution in [0.5, 0.6) is 0 Å². The van der Waals surface area contributed by atoms with Gasteiger partial charge in [0.25, 0.3) is 0 Å². The molecule has 0 N–H and O–H groups in total. The number of hydrazone groups is 1. The number of amides is 3. The molecule has 0 aromatic heterocycles. The normalized spacial score (nSPS) is 20.3. The highest BCUT2D eigenvalue weighted by molar-refractivity contribution is 8.45. The Labute approximate surface area is 160 Å². The van der Waals surface area contributed by atoms with Crippen LogP contribution in [-0.2, 0) is 14.3 Å². The molecule has 0 bridgehead atoms. The predicted molar refractivity (Wildman–Crippen MR) is 101 cm³/mol. The maximum Gasteiger partial charge on any atom is 0.409 e. The fraction of sp³-hybridized carbons (Fsp3) is 0.667. The Morgan fingerprint density at radius 2 is 1.92 bits per heavy atom. The fourth-order valence-corrected chi connectivity index (χ4v) is 4.59. The van der Waals surface area contributed by atoms with Gasteiger partial charge in [-0.25, -0.2) is 9.80 Å². The SMILES string of the molecule is CCOC(=O)N1CCN(C(=O)CSC2=NN3CCCC(=O)N=C3S2)CC1. The number of carbonyl (C=O) groups excluding carboxylic acids is 3. The van der Waals surface area contributed by atoms with Crippen LogP contribution in [0.4, 0.5) is 4.79 Å². The minimum absolute atomic E-state index is 0.0157. The van der Waals surface area contributed by atoms with Gasteiger partial charge in [0, 0.05) is 39.1 Å². The van der Waals surface area contributed by atoms with Gasteiger partial charge in [-0.3, -0.25) is 9.59 Å². The number of hydrogen-bond donors (Lipinski definition) is 0. The Morgan fingerprint density at radius 1 is 1.19 bits per heavy atom. The Kier molecular flexibility index (Phi) is 6.41. The van der Waals surface area contributed by atoms with Crippen LogP contribution < -0.4 is 0 Å². The zero-order chi connectivity index (χ0) is 18.5. The van der Waals surface area contributed by atoms with Gasteiger partial charge in [0.1, 0.15) is 0 Å². The Bertz CT molecular complexity index is 646. The van der Waals surface area contributed by atoms with Gasteiger partial charge in [0.05, 0.1) is 12.4 Å². The summed E-state index contributed by atoms with van der Waals surface area (Å²) in [5.74, 6) is 0.175. The maximum absolute atomic E-state index is 12.4. The second-order valence-corrected chi connectivity index (χ2v) is 8.02. The molecule has 142 valence electrons. The second kappa shape index (κ2) is 8.76. The topological polar surface area (TPSA) is 94.9 Å². The van der Waals surface area contributed by atoms with Gasteiger partial charge in [-0.1, -0.05) is 11.8 Å². The first kappa shape index (κ1) is 19.0. The third kappa shape index (κ3) is 4.70. The molecule has 3 amide bonds. The fourth-order valence-electron chi connectivity index (χ4n) is 2.69. The largest absolute Gasteiger partial charge is 0.450 e. The number of amidine groups is 1. The number of hydrogen-bond acceptors (Lipinski definition) is 8. The molecule has 11 heteroatoms. The van der Waals surface area contributed by atoms with Gasteiger partial charge in [0.2, 0.25) is 11.8 Å². The van der Waals surface area contributed by atoms with Crippen molar-refractivity contribution in [3.05, 3.63) is 0 Å². The Morgan fingerprint density at radius 3 is 2.65 bits per heavy atom. The molecule has 0 radical (unpaired) electrons. The van der Waals surface area contributed by atoms with Crippen molar-refractivity contribution in [2.24, 2.45) is 10.1 Å². The molecule has 3 aliphatic heterocycles. The number of rotatable bonds is 3. The first-order valence-corrected chi connectivity index (χ1v) is 10.3. The molecule has 1 fully saturated rings. The van der Waals surface area contributed by atoms with Crippen molar-refractivity contribution in [1.82, 2.24) is 14.8 Å². The van der Waals surface area contributed by atoms with Crippen molar-refractivity contribution in [2.45, 2.75) is 19.8 Å². The molecule has 9 nitrogen and oxygen atoms in total. The predicted octanol–water partition coefficient (Wildman–Crippen LogP) is 1.02. The van der Waals surface area contributed by atoms with Crippen LogP contribution >= 0.6 is 23.5 Å². The lowest BCUT2D eigenvalue weighted by Crippen LogP contribution is -2.51. The van der Waals surface area contributed by atoms with Gasteiger partial charge in [0.15, 0.2) is 9.54 Å². The minimum Gasteiger partial charge on any atom is -0.450 e. The van der Waals surface area contributed by atoms with Crippen LogP contribution in [-0.4, -0.2) is 87.3 Å². The summed E-state index contributed by atoms with van der Waals surface area (Å²) in [5, 5.41) is 6.77. The number of fused-ring (bicyclic) bond motifs is 1. The number of piperazine rings is 1. The molecule has 3 heterocycles. The molecular weight excluding hydrogens is 378 g/mol. The van der Waals surface area contributed by atoms with E-state index in [2.05, 4.69) is 10.1 Å². The van der Waals surface area contributed by atoms with E-state index in [1.807, 2.05) is 0 Å². The average Bonchev–Trinajstić information content (AvgIpc) is 2.93. The molecule has 0 atom stereocenters. The van der Waals surface area contributed by atoms with E-state index in [4.69, 9.17) is 4.74 Å². The van der Waals surface area contributed by atoms with Crippen molar-refractivity contribution in [2.75, 3.05) is 45.1 Å². The summed E-state index contributed by atoms with van der Waals surface area (Å²) < 4.78 is 5.71. The first-order valence-electron chi connectivity index (χ1n) is 8.54. The van der Waals surface area contributed by atoms with E-state index in [9.17, 15) is 14.4 Å². The summed E-state index contributed by atoms with van der Waals surface area (Å²) in [6.07, 6.45) is 0.861. The quantitative estimate of drug-likeness (QED) is 0.699. The molecule has 3 aliphatic rings. The van der Waals surface area contributed by atoms with Gasteiger partial charge < -0.3 is 14.5 Å². The molecule has 26 heavy (non-hydrogen) atoms. The van der Waals surface area contributed by atoms with Crippen molar-refractivity contribution >= 4 is 51.0 Å². The smallest absolute Gasteiger partial charge is 0.409 e. The van der Waals surface area contributed by atoms with E-state index in [-0.39, 0.29) is 23.7 Å². The van der Waals surface area contributed by atoms with Crippen LogP contribution in [0.3, 0.4) is 0 Å². The van der Waals surface area contributed by atoms with Crippen molar-refractivity contribution in [3.8, 4) is 0 Å². The van der Waals surface area contributed by atoms with Crippen molar-refractivity contribution in [1.29, 1.82) is 0 Å². The number of carbonyl (C=O) groups is 3. The van der Waals surface area contributed by atoms with Crippen LogP contribution in [0.25, 0.3) is 0 Å². The van der Waals surface area contributed by atoms with E-state index in [0.29, 0.717) is 50.9 Å².